The lowest BCUT2D eigenvalue weighted by atomic mass is 10.0. The van der Waals surface area contributed by atoms with Crippen LogP contribution in [-0.2, 0) is 6.54 Å². The Balaban J connectivity index is 2.42. The van der Waals surface area contributed by atoms with Gasteiger partial charge in [-0.05, 0) is 57.0 Å². The zero-order valence-electron chi connectivity index (χ0n) is 11.3. The van der Waals surface area contributed by atoms with Gasteiger partial charge in [0.15, 0.2) is 0 Å². The van der Waals surface area contributed by atoms with Gasteiger partial charge in [0.1, 0.15) is 0 Å². The molecular weight excluding hydrogens is 274 g/mol. The summed E-state index contributed by atoms with van der Waals surface area (Å²) in [6, 6.07) is 6.56. The van der Waals surface area contributed by atoms with Crippen molar-refractivity contribution in [2.45, 2.75) is 39.7 Å². The Labute approximate surface area is 114 Å². The fourth-order valence-corrected chi connectivity index (χ4v) is 2.50. The van der Waals surface area contributed by atoms with Gasteiger partial charge in [-0.15, -0.1) is 0 Å². The number of benzene rings is 1. The van der Waals surface area contributed by atoms with Gasteiger partial charge in [0, 0.05) is 11.9 Å². The van der Waals surface area contributed by atoms with Crippen LogP contribution in [0.5, 0.6) is 0 Å². The van der Waals surface area contributed by atoms with E-state index in [1.165, 1.54) is 42.5 Å². The predicted octanol–water partition coefficient (Wildman–Crippen LogP) is 4.30. The van der Waals surface area contributed by atoms with E-state index < -0.39 is 0 Å². The van der Waals surface area contributed by atoms with Crippen molar-refractivity contribution in [3.63, 3.8) is 0 Å². The van der Waals surface area contributed by atoms with E-state index >= 15 is 0 Å². The topological polar surface area (TPSA) is 3.24 Å². The molecule has 0 aliphatic heterocycles. The normalized spacial score (nSPS) is 11.1. The average molecular weight is 298 g/mol. The van der Waals surface area contributed by atoms with E-state index in [-0.39, 0.29) is 0 Å². The molecule has 0 aliphatic rings. The van der Waals surface area contributed by atoms with Crippen molar-refractivity contribution in [2.24, 2.45) is 0 Å². The molecule has 0 atom stereocenters. The van der Waals surface area contributed by atoms with Gasteiger partial charge in [0.25, 0.3) is 0 Å². The molecule has 17 heavy (non-hydrogen) atoms. The molecule has 0 N–H and O–H groups in total. The van der Waals surface area contributed by atoms with Crippen LogP contribution in [0.4, 0.5) is 0 Å². The summed E-state index contributed by atoms with van der Waals surface area (Å²) in [6.07, 6.45) is 3.91. The molecule has 0 aromatic heterocycles. The maximum absolute atomic E-state index is 3.48. The molecule has 0 fully saturated rings. The van der Waals surface area contributed by atoms with Crippen LogP contribution in [0.25, 0.3) is 0 Å². The lowest BCUT2D eigenvalue weighted by molar-refractivity contribution is 0.317. The first-order chi connectivity index (χ1) is 8.15. The van der Waals surface area contributed by atoms with Gasteiger partial charge in [-0.2, -0.15) is 0 Å². The first-order valence-corrected chi connectivity index (χ1v) is 7.57. The van der Waals surface area contributed by atoms with Crippen molar-refractivity contribution in [3.05, 3.63) is 34.9 Å². The van der Waals surface area contributed by atoms with Crippen molar-refractivity contribution >= 4 is 15.9 Å². The number of nitrogens with zero attached hydrogens (tertiary/aromatic N) is 1. The highest BCUT2D eigenvalue weighted by molar-refractivity contribution is 9.09. The number of rotatable bonds is 7. The summed E-state index contributed by atoms with van der Waals surface area (Å²) in [5, 5.41) is 1.13. The third-order valence-electron chi connectivity index (χ3n) is 3.25. The number of alkyl halides is 1. The van der Waals surface area contributed by atoms with Crippen molar-refractivity contribution in [3.8, 4) is 0 Å². The molecular formula is C15H24BrN. The molecule has 0 spiro atoms. The maximum atomic E-state index is 3.48. The zero-order valence-corrected chi connectivity index (χ0v) is 12.9. The maximum Gasteiger partial charge on any atom is 0.0235 e. The molecule has 0 saturated carbocycles. The van der Waals surface area contributed by atoms with Crippen molar-refractivity contribution < 1.29 is 0 Å². The first-order valence-electron chi connectivity index (χ1n) is 6.44. The van der Waals surface area contributed by atoms with Crippen LogP contribution in [0, 0.1) is 13.8 Å². The largest absolute Gasteiger partial charge is 0.302 e. The monoisotopic (exact) mass is 297 g/mol. The lowest BCUT2D eigenvalue weighted by Crippen LogP contribution is -2.20. The third kappa shape index (κ3) is 5.22. The molecule has 0 heterocycles. The van der Waals surface area contributed by atoms with Crippen LogP contribution in [-0.4, -0.2) is 23.8 Å². The number of aryl methyl sites for hydroxylation is 2. The summed E-state index contributed by atoms with van der Waals surface area (Å²) in [5.74, 6) is 0. The van der Waals surface area contributed by atoms with Gasteiger partial charge in [0.2, 0.25) is 0 Å². The van der Waals surface area contributed by atoms with E-state index in [1.807, 2.05) is 0 Å². The van der Waals surface area contributed by atoms with Crippen LogP contribution < -0.4 is 0 Å². The molecule has 1 aromatic carbocycles. The van der Waals surface area contributed by atoms with E-state index in [9.17, 15) is 0 Å². The van der Waals surface area contributed by atoms with E-state index in [0.29, 0.717) is 0 Å². The Morgan fingerprint density at radius 2 is 1.71 bits per heavy atom. The molecule has 0 unspecified atom stereocenters. The second-order valence-electron chi connectivity index (χ2n) is 4.86. The van der Waals surface area contributed by atoms with E-state index in [2.05, 4.69) is 59.9 Å². The number of halogens is 1. The van der Waals surface area contributed by atoms with E-state index in [4.69, 9.17) is 0 Å². The van der Waals surface area contributed by atoms with Crippen LogP contribution in [0.2, 0.25) is 0 Å². The molecule has 0 amide bonds. The predicted molar refractivity (Wildman–Crippen MR) is 79.9 cm³/mol. The number of hydrogen-bond acceptors (Lipinski definition) is 1. The van der Waals surface area contributed by atoms with Gasteiger partial charge in [-0.1, -0.05) is 40.5 Å². The summed E-state index contributed by atoms with van der Waals surface area (Å²) in [7, 11) is 2.22. The van der Waals surface area contributed by atoms with Gasteiger partial charge in [-0.25, -0.2) is 0 Å². The molecule has 1 aromatic rings. The van der Waals surface area contributed by atoms with E-state index in [1.54, 1.807) is 0 Å². The second-order valence-corrected chi connectivity index (χ2v) is 5.65. The van der Waals surface area contributed by atoms with Crippen molar-refractivity contribution in [1.82, 2.24) is 4.90 Å². The van der Waals surface area contributed by atoms with Gasteiger partial charge in [0.05, 0.1) is 0 Å². The highest BCUT2D eigenvalue weighted by Crippen LogP contribution is 2.15. The first kappa shape index (κ1) is 14.7. The van der Waals surface area contributed by atoms with Crippen LogP contribution in [0.15, 0.2) is 18.2 Å². The van der Waals surface area contributed by atoms with Crippen LogP contribution in [0.1, 0.15) is 36.0 Å². The summed E-state index contributed by atoms with van der Waals surface area (Å²) in [6.45, 7) is 6.69. The minimum absolute atomic E-state index is 1.08. The fourth-order valence-electron chi connectivity index (χ4n) is 2.10. The molecule has 0 radical (unpaired) electrons. The minimum Gasteiger partial charge on any atom is -0.302 e. The fraction of sp³-hybridized carbons (Fsp3) is 0.600. The minimum atomic E-state index is 1.08. The molecule has 0 saturated heterocycles. The molecule has 0 aliphatic carbocycles. The zero-order chi connectivity index (χ0) is 12.7. The molecule has 2 heteroatoms. The quantitative estimate of drug-likeness (QED) is 0.536. The molecule has 0 bridgehead atoms. The summed E-state index contributed by atoms with van der Waals surface area (Å²) >= 11 is 3.48. The van der Waals surface area contributed by atoms with E-state index in [0.717, 1.165) is 11.9 Å². The van der Waals surface area contributed by atoms with Crippen LogP contribution >= 0.6 is 15.9 Å². The SMILES string of the molecule is Cc1cccc(C)c1CN(C)CCCCCBr. The second kappa shape index (κ2) is 7.88. The highest BCUT2D eigenvalue weighted by atomic mass is 79.9. The van der Waals surface area contributed by atoms with Gasteiger partial charge in [-0.3, -0.25) is 0 Å². The molecule has 1 rings (SSSR count). The van der Waals surface area contributed by atoms with Crippen molar-refractivity contribution in [1.29, 1.82) is 0 Å². The Bertz CT molecular complexity index is 315. The Kier molecular flexibility index (Phi) is 6.83. The number of hydrogen-bond donors (Lipinski definition) is 0. The number of unbranched alkanes of at least 4 members (excludes halogenated alkanes) is 2. The Morgan fingerprint density at radius 1 is 1.06 bits per heavy atom. The summed E-state index contributed by atoms with van der Waals surface area (Å²) < 4.78 is 0. The lowest BCUT2D eigenvalue weighted by Gasteiger charge is -2.19. The smallest absolute Gasteiger partial charge is 0.0235 e. The van der Waals surface area contributed by atoms with Gasteiger partial charge < -0.3 is 4.90 Å². The van der Waals surface area contributed by atoms with Crippen LogP contribution in [0.3, 0.4) is 0 Å². The standard InChI is InChI=1S/C15H24BrN/c1-13-8-7-9-14(2)15(13)12-17(3)11-6-4-5-10-16/h7-9H,4-6,10-12H2,1-3H3. The molecule has 1 nitrogen and oxygen atoms in total. The molecule has 96 valence electrons. The average Bonchev–Trinajstić information content (AvgIpc) is 2.30. The third-order valence-corrected chi connectivity index (χ3v) is 3.81. The summed E-state index contributed by atoms with van der Waals surface area (Å²) in [5.41, 5.74) is 4.32. The van der Waals surface area contributed by atoms with Gasteiger partial charge >= 0.3 is 0 Å². The Hall–Kier alpha value is -0.340. The Morgan fingerprint density at radius 3 is 2.29 bits per heavy atom. The highest BCUT2D eigenvalue weighted by Gasteiger charge is 2.05. The summed E-state index contributed by atoms with van der Waals surface area (Å²) in [4.78, 5) is 2.43. The van der Waals surface area contributed by atoms with Crippen molar-refractivity contribution in [2.75, 3.05) is 18.9 Å².